The summed E-state index contributed by atoms with van der Waals surface area (Å²) in [6, 6.07) is 7.82. The van der Waals surface area contributed by atoms with Crippen molar-refractivity contribution in [1.82, 2.24) is 0 Å². The fourth-order valence-corrected chi connectivity index (χ4v) is 2.32. The van der Waals surface area contributed by atoms with Crippen molar-refractivity contribution in [3.05, 3.63) is 41.5 Å². The molecule has 1 aromatic rings. The summed E-state index contributed by atoms with van der Waals surface area (Å²) < 4.78 is 5.16. The Morgan fingerprint density at radius 2 is 2.35 bits per heavy atom. The van der Waals surface area contributed by atoms with Crippen LogP contribution in [0.4, 0.5) is 0 Å². The first kappa shape index (κ1) is 11.7. The number of carbonyl (C=O) groups is 1. The van der Waals surface area contributed by atoms with Gasteiger partial charge in [0, 0.05) is 5.57 Å². The topological polar surface area (TPSA) is 46.5 Å². The number of hydrogen-bond donors (Lipinski definition) is 1. The number of allylic oxidation sites excluding steroid dienone is 1. The molecule has 90 valence electrons. The largest absolute Gasteiger partial charge is 0.497 e. The average molecular weight is 232 g/mol. The predicted molar refractivity (Wildman–Crippen MR) is 65.1 cm³/mol. The van der Waals surface area contributed by atoms with E-state index in [-0.39, 0.29) is 5.92 Å². The molecule has 0 radical (unpaired) electrons. The van der Waals surface area contributed by atoms with Crippen LogP contribution in [0.25, 0.3) is 0 Å². The van der Waals surface area contributed by atoms with Crippen LogP contribution >= 0.6 is 0 Å². The first-order chi connectivity index (χ1) is 8.20. The summed E-state index contributed by atoms with van der Waals surface area (Å²) in [4.78, 5) is 11.0. The molecule has 0 bridgehead atoms. The van der Waals surface area contributed by atoms with Gasteiger partial charge in [-0.15, -0.1) is 0 Å². The van der Waals surface area contributed by atoms with Gasteiger partial charge >= 0.3 is 5.97 Å². The van der Waals surface area contributed by atoms with Crippen LogP contribution in [0.5, 0.6) is 5.75 Å². The van der Waals surface area contributed by atoms with Gasteiger partial charge in [-0.2, -0.15) is 0 Å². The average Bonchev–Trinajstić information content (AvgIpc) is 2.77. The van der Waals surface area contributed by atoms with Gasteiger partial charge in [-0.1, -0.05) is 18.2 Å². The van der Waals surface area contributed by atoms with E-state index in [1.807, 2.05) is 30.3 Å². The minimum Gasteiger partial charge on any atom is -0.497 e. The van der Waals surface area contributed by atoms with Gasteiger partial charge in [0.2, 0.25) is 0 Å². The molecular weight excluding hydrogens is 216 g/mol. The van der Waals surface area contributed by atoms with Crippen molar-refractivity contribution in [2.24, 2.45) is 5.92 Å². The second-order valence-corrected chi connectivity index (χ2v) is 4.29. The van der Waals surface area contributed by atoms with Gasteiger partial charge in [-0.25, -0.2) is 4.79 Å². The number of carboxylic acids is 1. The van der Waals surface area contributed by atoms with Gasteiger partial charge in [0.15, 0.2) is 0 Å². The Morgan fingerprint density at radius 3 is 3.06 bits per heavy atom. The molecule has 0 saturated heterocycles. The highest BCUT2D eigenvalue weighted by molar-refractivity contribution is 5.87. The van der Waals surface area contributed by atoms with Crippen molar-refractivity contribution in [2.75, 3.05) is 7.11 Å². The quantitative estimate of drug-likeness (QED) is 0.868. The molecule has 0 amide bonds. The zero-order valence-corrected chi connectivity index (χ0v) is 9.85. The van der Waals surface area contributed by atoms with E-state index in [0.29, 0.717) is 5.57 Å². The number of aliphatic carboxylic acids is 1. The maximum atomic E-state index is 11.0. The third-order valence-corrected chi connectivity index (χ3v) is 3.18. The molecule has 3 nitrogen and oxygen atoms in total. The third kappa shape index (κ3) is 2.67. The molecule has 1 aromatic carbocycles. The number of methoxy groups -OCH3 is 1. The number of ether oxygens (including phenoxy) is 1. The summed E-state index contributed by atoms with van der Waals surface area (Å²) >= 11 is 0. The molecule has 1 aliphatic rings. The first-order valence-electron chi connectivity index (χ1n) is 5.77. The molecule has 0 spiro atoms. The Kier molecular flexibility index (Phi) is 3.47. The molecule has 1 aliphatic carbocycles. The summed E-state index contributed by atoms with van der Waals surface area (Å²) in [5, 5.41) is 9.07. The van der Waals surface area contributed by atoms with E-state index in [4.69, 9.17) is 9.84 Å². The minimum absolute atomic E-state index is 0.139. The highest BCUT2D eigenvalue weighted by Gasteiger charge is 2.24. The van der Waals surface area contributed by atoms with Crippen LogP contribution in [0.15, 0.2) is 35.9 Å². The van der Waals surface area contributed by atoms with E-state index in [1.54, 1.807) is 7.11 Å². The monoisotopic (exact) mass is 232 g/mol. The van der Waals surface area contributed by atoms with Crippen molar-refractivity contribution in [3.8, 4) is 5.75 Å². The summed E-state index contributed by atoms with van der Waals surface area (Å²) in [6.07, 6.45) is 4.41. The normalized spacial score (nSPS) is 18.9. The van der Waals surface area contributed by atoms with Gasteiger partial charge in [-0.3, -0.25) is 0 Å². The Bertz CT molecular complexity index is 449. The smallest absolute Gasteiger partial charge is 0.331 e. The van der Waals surface area contributed by atoms with Gasteiger partial charge in [0.05, 0.1) is 7.11 Å². The van der Waals surface area contributed by atoms with E-state index < -0.39 is 5.97 Å². The lowest BCUT2D eigenvalue weighted by Crippen LogP contribution is -2.11. The van der Waals surface area contributed by atoms with Crippen molar-refractivity contribution < 1.29 is 14.6 Å². The lowest BCUT2D eigenvalue weighted by Gasteiger charge is -2.12. The van der Waals surface area contributed by atoms with Gasteiger partial charge in [-0.05, 0) is 42.9 Å². The van der Waals surface area contributed by atoms with Crippen molar-refractivity contribution in [2.45, 2.75) is 19.3 Å². The molecule has 1 N–H and O–H groups in total. The van der Waals surface area contributed by atoms with E-state index in [0.717, 1.165) is 30.6 Å². The van der Waals surface area contributed by atoms with Crippen LogP contribution in [0.1, 0.15) is 18.4 Å². The fraction of sp³-hybridized carbons (Fsp3) is 0.357. The van der Waals surface area contributed by atoms with E-state index in [2.05, 4.69) is 0 Å². The molecule has 17 heavy (non-hydrogen) atoms. The molecule has 2 rings (SSSR count). The molecule has 0 heterocycles. The Hall–Kier alpha value is -1.77. The second-order valence-electron chi connectivity index (χ2n) is 4.29. The van der Waals surface area contributed by atoms with E-state index >= 15 is 0 Å². The lowest BCUT2D eigenvalue weighted by molar-refractivity contribution is -0.133. The number of carboxylic acid groups (broad SMARTS) is 1. The maximum absolute atomic E-state index is 11.0. The molecule has 3 heteroatoms. The van der Waals surface area contributed by atoms with E-state index in [1.165, 1.54) is 0 Å². The zero-order chi connectivity index (χ0) is 12.3. The summed E-state index contributed by atoms with van der Waals surface area (Å²) in [5.41, 5.74) is 1.69. The first-order valence-corrected chi connectivity index (χ1v) is 5.77. The fourth-order valence-electron chi connectivity index (χ4n) is 2.32. The van der Waals surface area contributed by atoms with Gasteiger partial charge < -0.3 is 9.84 Å². The van der Waals surface area contributed by atoms with Crippen molar-refractivity contribution in [3.63, 3.8) is 0 Å². The van der Waals surface area contributed by atoms with Gasteiger partial charge in [0.25, 0.3) is 0 Å². The number of rotatable bonds is 4. The van der Waals surface area contributed by atoms with Crippen LogP contribution in [0, 0.1) is 5.92 Å². The van der Waals surface area contributed by atoms with Crippen LogP contribution in [0.2, 0.25) is 0 Å². The molecule has 0 fully saturated rings. The van der Waals surface area contributed by atoms with Crippen LogP contribution in [-0.2, 0) is 11.2 Å². The van der Waals surface area contributed by atoms with Crippen LogP contribution in [0.3, 0.4) is 0 Å². The second kappa shape index (κ2) is 5.04. The molecule has 0 aliphatic heterocycles. The third-order valence-electron chi connectivity index (χ3n) is 3.18. The summed E-state index contributed by atoms with van der Waals surface area (Å²) in [6.45, 7) is 0. The molecule has 1 atom stereocenters. The van der Waals surface area contributed by atoms with E-state index in [9.17, 15) is 4.79 Å². The highest BCUT2D eigenvalue weighted by Crippen LogP contribution is 2.29. The van der Waals surface area contributed by atoms with Crippen molar-refractivity contribution >= 4 is 5.97 Å². The highest BCUT2D eigenvalue weighted by atomic mass is 16.5. The van der Waals surface area contributed by atoms with Crippen molar-refractivity contribution in [1.29, 1.82) is 0 Å². The Labute approximate surface area is 101 Å². The molecule has 0 saturated carbocycles. The van der Waals surface area contributed by atoms with Gasteiger partial charge in [0.1, 0.15) is 5.75 Å². The number of benzene rings is 1. The summed E-state index contributed by atoms with van der Waals surface area (Å²) in [5.74, 6) is 0.177. The molecule has 0 unspecified atom stereocenters. The molecular formula is C14H16O3. The zero-order valence-electron chi connectivity index (χ0n) is 9.85. The standard InChI is InChI=1S/C14H16O3/c1-17-12-6-2-4-10(9-12)8-11-5-3-7-13(11)14(15)16/h2,4,6-7,9,11H,3,5,8H2,1H3,(H,15,16)/t11-/m0/s1. The SMILES string of the molecule is COc1cccc(C[C@@H]2CCC=C2C(=O)O)c1. The maximum Gasteiger partial charge on any atom is 0.331 e. The number of hydrogen-bond acceptors (Lipinski definition) is 2. The van der Waals surface area contributed by atoms with Crippen LogP contribution < -0.4 is 4.74 Å². The predicted octanol–water partition coefficient (Wildman–Crippen LogP) is 2.66. The summed E-state index contributed by atoms with van der Waals surface area (Å²) in [7, 11) is 1.64. The lowest BCUT2D eigenvalue weighted by atomic mass is 9.93. The Morgan fingerprint density at radius 1 is 1.53 bits per heavy atom. The van der Waals surface area contributed by atoms with Crippen LogP contribution in [-0.4, -0.2) is 18.2 Å². The minimum atomic E-state index is -0.782. The molecule has 0 aromatic heterocycles. The Balaban J connectivity index is 2.10.